The van der Waals surface area contributed by atoms with E-state index in [1.54, 1.807) is 12.4 Å². The topological polar surface area (TPSA) is 38.2 Å². The van der Waals surface area contributed by atoms with Gasteiger partial charge in [0.25, 0.3) is 0 Å². The fraction of sp³-hybridized carbons (Fsp3) is 0.333. The van der Waals surface area contributed by atoms with Crippen LogP contribution < -0.4 is 4.90 Å². The lowest BCUT2D eigenvalue weighted by Crippen LogP contribution is -2.43. The molecule has 0 radical (unpaired) electrons. The Labute approximate surface area is 113 Å². The van der Waals surface area contributed by atoms with Gasteiger partial charge >= 0.3 is 0 Å². The van der Waals surface area contributed by atoms with Crippen LogP contribution in [0.5, 0.6) is 0 Å². The fourth-order valence-corrected chi connectivity index (χ4v) is 2.38. The van der Waals surface area contributed by atoms with E-state index in [9.17, 15) is 0 Å². The zero-order valence-electron chi connectivity index (χ0n) is 10.8. The molecule has 1 aromatic carbocycles. The van der Waals surface area contributed by atoms with E-state index in [1.165, 1.54) is 5.56 Å². The summed E-state index contributed by atoms with van der Waals surface area (Å²) in [6, 6.07) is 10.5. The van der Waals surface area contributed by atoms with Crippen LogP contribution >= 0.6 is 0 Å². The Kier molecular flexibility index (Phi) is 3.70. The van der Waals surface area contributed by atoms with Gasteiger partial charge in [0.05, 0.1) is 18.9 Å². The van der Waals surface area contributed by atoms with Gasteiger partial charge in [-0.25, -0.2) is 4.98 Å². The molecule has 1 atom stereocenters. The third-order valence-electron chi connectivity index (χ3n) is 3.32. The predicted octanol–water partition coefficient (Wildman–Crippen LogP) is 1.92. The molecule has 4 nitrogen and oxygen atoms in total. The number of rotatable bonds is 3. The molecule has 1 aliphatic rings. The van der Waals surface area contributed by atoms with Crippen molar-refractivity contribution >= 4 is 5.82 Å². The van der Waals surface area contributed by atoms with Crippen LogP contribution in [-0.2, 0) is 11.2 Å². The van der Waals surface area contributed by atoms with Crippen molar-refractivity contribution in [1.29, 1.82) is 0 Å². The molecule has 1 unspecified atom stereocenters. The SMILES string of the molecule is c1ccc(CC2CN(c3cnccn3)CCO2)cc1. The van der Waals surface area contributed by atoms with Gasteiger partial charge in [-0.2, -0.15) is 0 Å². The molecule has 0 amide bonds. The minimum atomic E-state index is 0.221. The second kappa shape index (κ2) is 5.80. The summed E-state index contributed by atoms with van der Waals surface area (Å²) in [5.74, 6) is 0.934. The molecular formula is C15H17N3O. The lowest BCUT2D eigenvalue weighted by Gasteiger charge is -2.33. The maximum atomic E-state index is 5.84. The highest BCUT2D eigenvalue weighted by Gasteiger charge is 2.21. The molecule has 0 bridgehead atoms. The molecule has 98 valence electrons. The third kappa shape index (κ3) is 3.09. The minimum absolute atomic E-state index is 0.221. The Morgan fingerprint density at radius 3 is 2.89 bits per heavy atom. The van der Waals surface area contributed by atoms with Gasteiger partial charge in [0.15, 0.2) is 0 Å². The first kappa shape index (κ1) is 12.1. The average Bonchev–Trinajstić information content (AvgIpc) is 2.49. The summed E-state index contributed by atoms with van der Waals surface area (Å²) in [5.41, 5.74) is 1.31. The highest BCUT2D eigenvalue weighted by atomic mass is 16.5. The van der Waals surface area contributed by atoms with E-state index in [1.807, 2.05) is 12.3 Å². The lowest BCUT2D eigenvalue weighted by molar-refractivity contribution is 0.0408. The molecule has 19 heavy (non-hydrogen) atoms. The van der Waals surface area contributed by atoms with Crippen LogP contribution in [0.1, 0.15) is 5.56 Å². The van der Waals surface area contributed by atoms with Gasteiger partial charge in [-0.1, -0.05) is 30.3 Å². The van der Waals surface area contributed by atoms with Gasteiger partial charge in [0, 0.05) is 31.9 Å². The number of hydrogen-bond donors (Lipinski definition) is 0. The quantitative estimate of drug-likeness (QED) is 0.840. The molecule has 1 aromatic heterocycles. The Balaban J connectivity index is 1.65. The number of ether oxygens (including phenoxy) is 1. The molecule has 2 aromatic rings. The van der Waals surface area contributed by atoms with E-state index in [-0.39, 0.29) is 6.10 Å². The van der Waals surface area contributed by atoms with Crippen molar-refractivity contribution in [2.45, 2.75) is 12.5 Å². The molecular weight excluding hydrogens is 238 g/mol. The Morgan fingerprint density at radius 2 is 2.11 bits per heavy atom. The van der Waals surface area contributed by atoms with Crippen molar-refractivity contribution < 1.29 is 4.74 Å². The van der Waals surface area contributed by atoms with Crippen molar-refractivity contribution in [2.75, 3.05) is 24.6 Å². The van der Waals surface area contributed by atoms with Gasteiger partial charge in [-0.05, 0) is 5.56 Å². The first-order valence-electron chi connectivity index (χ1n) is 6.58. The second-order valence-corrected chi connectivity index (χ2v) is 4.69. The van der Waals surface area contributed by atoms with E-state index >= 15 is 0 Å². The van der Waals surface area contributed by atoms with Crippen molar-refractivity contribution in [3.8, 4) is 0 Å². The van der Waals surface area contributed by atoms with Crippen LogP contribution in [0.3, 0.4) is 0 Å². The van der Waals surface area contributed by atoms with E-state index in [0.29, 0.717) is 0 Å². The number of anilines is 1. The fourth-order valence-electron chi connectivity index (χ4n) is 2.38. The van der Waals surface area contributed by atoms with Gasteiger partial charge in [-0.15, -0.1) is 0 Å². The van der Waals surface area contributed by atoms with E-state index in [2.05, 4.69) is 39.1 Å². The molecule has 1 saturated heterocycles. The summed E-state index contributed by atoms with van der Waals surface area (Å²) in [6.07, 6.45) is 6.41. The molecule has 4 heteroatoms. The van der Waals surface area contributed by atoms with E-state index < -0.39 is 0 Å². The molecule has 0 spiro atoms. The number of aromatic nitrogens is 2. The van der Waals surface area contributed by atoms with Crippen LogP contribution in [0.25, 0.3) is 0 Å². The maximum Gasteiger partial charge on any atom is 0.147 e. The van der Waals surface area contributed by atoms with E-state index in [4.69, 9.17) is 4.74 Å². The van der Waals surface area contributed by atoms with Crippen LogP contribution in [0.4, 0.5) is 5.82 Å². The zero-order valence-corrected chi connectivity index (χ0v) is 10.8. The largest absolute Gasteiger partial charge is 0.374 e. The summed E-state index contributed by atoms with van der Waals surface area (Å²) in [5, 5.41) is 0. The van der Waals surface area contributed by atoms with Gasteiger partial charge < -0.3 is 9.64 Å². The molecule has 0 saturated carbocycles. The summed E-state index contributed by atoms with van der Waals surface area (Å²) < 4.78 is 5.84. The number of benzene rings is 1. The Bertz CT molecular complexity index is 503. The molecule has 2 heterocycles. The van der Waals surface area contributed by atoms with Gasteiger partial charge in [-0.3, -0.25) is 4.98 Å². The summed E-state index contributed by atoms with van der Waals surface area (Å²) in [4.78, 5) is 10.7. The number of hydrogen-bond acceptors (Lipinski definition) is 4. The Morgan fingerprint density at radius 1 is 1.21 bits per heavy atom. The third-order valence-corrected chi connectivity index (χ3v) is 3.32. The normalized spacial score (nSPS) is 19.4. The first-order valence-corrected chi connectivity index (χ1v) is 6.58. The summed E-state index contributed by atoms with van der Waals surface area (Å²) in [7, 11) is 0. The highest BCUT2D eigenvalue weighted by molar-refractivity contribution is 5.35. The van der Waals surface area contributed by atoms with Gasteiger partial charge in [0.1, 0.15) is 5.82 Å². The highest BCUT2D eigenvalue weighted by Crippen LogP contribution is 2.16. The number of morpholine rings is 1. The van der Waals surface area contributed by atoms with Crippen molar-refractivity contribution in [1.82, 2.24) is 9.97 Å². The maximum absolute atomic E-state index is 5.84. The lowest BCUT2D eigenvalue weighted by atomic mass is 10.1. The molecule has 3 rings (SSSR count). The van der Waals surface area contributed by atoms with Crippen molar-refractivity contribution in [3.63, 3.8) is 0 Å². The molecule has 1 fully saturated rings. The smallest absolute Gasteiger partial charge is 0.147 e. The van der Waals surface area contributed by atoms with Crippen LogP contribution in [0, 0.1) is 0 Å². The van der Waals surface area contributed by atoms with E-state index in [0.717, 1.165) is 31.9 Å². The summed E-state index contributed by atoms with van der Waals surface area (Å²) in [6.45, 7) is 2.49. The van der Waals surface area contributed by atoms with Crippen LogP contribution in [0.2, 0.25) is 0 Å². The number of nitrogens with zero attached hydrogens (tertiary/aromatic N) is 3. The molecule has 0 N–H and O–H groups in total. The standard InChI is InChI=1S/C15H17N3O/c1-2-4-13(5-3-1)10-14-12-18(8-9-19-14)15-11-16-6-7-17-15/h1-7,11,14H,8-10,12H2. The van der Waals surface area contributed by atoms with Crippen LogP contribution in [-0.4, -0.2) is 35.8 Å². The zero-order chi connectivity index (χ0) is 12.9. The second-order valence-electron chi connectivity index (χ2n) is 4.69. The van der Waals surface area contributed by atoms with Crippen molar-refractivity contribution in [3.05, 3.63) is 54.5 Å². The average molecular weight is 255 g/mol. The van der Waals surface area contributed by atoms with Gasteiger partial charge in [0.2, 0.25) is 0 Å². The van der Waals surface area contributed by atoms with Crippen molar-refractivity contribution in [2.24, 2.45) is 0 Å². The summed E-state index contributed by atoms with van der Waals surface area (Å²) >= 11 is 0. The Hall–Kier alpha value is -1.94. The monoisotopic (exact) mass is 255 g/mol. The molecule has 1 aliphatic heterocycles. The predicted molar refractivity (Wildman–Crippen MR) is 74.1 cm³/mol. The first-order chi connectivity index (χ1) is 9.42. The minimum Gasteiger partial charge on any atom is -0.374 e. The van der Waals surface area contributed by atoms with Crippen LogP contribution in [0.15, 0.2) is 48.9 Å². The molecule has 0 aliphatic carbocycles.